The van der Waals surface area contributed by atoms with Crippen LogP contribution in [0.4, 0.5) is 16.2 Å². The highest BCUT2D eigenvalue weighted by Crippen LogP contribution is 2.28. The van der Waals surface area contributed by atoms with Crippen LogP contribution in [-0.2, 0) is 0 Å². The molecule has 1 aliphatic heterocycles. The number of hydrogen-bond acceptors (Lipinski definition) is 7. The van der Waals surface area contributed by atoms with Gasteiger partial charge >= 0.3 is 0 Å². The van der Waals surface area contributed by atoms with E-state index in [0.29, 0.717) is 24.2 Å². The van der Waals surface area contributed by atoms with E-state index < -0.39 is 0 Å². The fourth-order valence-electron chi connectivity index (χ4n) is 4.21. The second-order valence-electron chi connectivity index (χ2n) is 7.80. The topological polar surface area (TPSA) is 102 Å². The van der Waals surface area contributed by atoms with Gasteiger partial charge in [-0.2, -0.15) is 10.1 Å². The van der Waals surface area contributed by atoms with Crippen LogP contribution in [0.5, 0.6) is 0 Å². The van der Waals surface area contributed by atoms with Crippen molar-refractivity contribution in [2.75, 3.05) is 37.4 Å². The summed E-state index contributed by atoms with van der Waals surface area (Å²) in [5.74, 6) is 1.25. The first-order chi connectivity index (χ1) is 14.6. The number of nitrogens with two attached hydrogens (primary N) is 1. The third kappa shape index (κ3) is 3.32. The van der Waals surface area contributed by atoms with Crippen LogP contribution in [0.2, 0.25) is 0 Å². The zero-order chi connectivity index (χ0) is 20.7. The third-order valence-corrected chi connectivity index (χ3v) is 5.77. The summed E-state index contributed by atoms with van der Waals surface area (Å²) >= 11 is 0. The van der Waals surface area contributed by atoms with E-state index >= 15 is 0 Å². The molecule has 5 heterocycles. The van der Waals surface area contributed by atoms with Gasteiger partial charge in [0.15, 0.2) is 11.5 Å². The highest BCUT2D eigenvalue weighted by molar-refractivity contribution is 5.86. The molecule has 10 heteroatoms. The molecule has 9 nitrogen and oxygen atoms in total. The largest absolute Gasteiger partial charge is 0.382 e. The molecule has 0 spiro atoms. The maximum atomic E-state index is 12.6. The summed E-state index contributed by atoms with van der Waals surface area (Å²) in [5, 5.41) is 12.6. The van der Waals surface area contributed by atoms with Crippen molar-refractivity contribution in [1.82, 2.24) is 34.1 Å². The van der Waals surface area contributed by atoms with Crippen LogP contribution in [0, 0.1) is 5.92 Å². The molecule has 3 N–H and O–H groups in total. The van der Waals surface area contributed by atoms with E-state index in [0.717, 1.165) is 41.9 Å². The molecular formula is C20H24FN9. The van der Waals surface area contributed by atoms with E-state index in [1.54, 1.807) is 21.4 Å². The van der Waals surface area contributed by atoms with Gasteiger partial charge in [-0.1, -0.05) is 6.92 Å². The average molecular weight is 409 g/mol. The van der Waals surface area contributed by atoms with Crippen molar-refractivity contribution in [2.24, 2.45) is 5.92 Å². The Morgan fingerprint density at radius 1 is 1.20 bits per heavy atom. The number of rotatable bonds is 5. The Kier molecular flexibility index (Phi) is 4.70. The summed E-state index contributed by atoms with van der Waals surface area (Å²) in [6.45, 7) is 4.07. The summed E-state index contributed by atoms with van der Waals surface area (Å²) in [4.78, 5) is 10.9. The monoisotopic (exact) mass is 409 g/mol. The molecule has 2 atom stereocenters. The lowest BCUT2D eigenvalue weighted by Crippen LogP contribution is -2.46. The van der Waals surface area contributed by atoms with Gasteiger partial charge in [0.1, 0.15) is 12.2 Å². The number of anilines is 2. The van der Waals surface area contributed by atoms with E-state index in [2.05, 4.69) is 37.3 Å². The fraction of sp³-hybridized carbons (Fsp3) is 0.400. The molecule has 1 saturated heterocycles. The Morgan fingerprint density at radius 2 is 2.10 bits per heavy atom. The highest BCUT2D eigenvalue weighted by atomic mass is 19.1. The van der Waals surface area contributed by atoms with Gasteiger partial charge in [0, 0.05) is 49.8 Å². The predicted octanol–water partition coefficient (Wildman–Crippen LogP) is 2.11. The molecule has 30 heavy (non-hydrogen) atoms. The second kappa shape index (κ2) is 7.52. The van der Waals surface area contributed by atoms with Crippen LogP contribution < -0.4 is 11.1 Å². The van der Waals surface area contributed by atoms with E-state index in [9.17, 15) is 4.39 Å². The molecule has 0 radical (unpaired) electrons. The Morgan fingerprint density at radius 3 is 2.93 bits per heavy atom. The van der Waals surface area contributed by atoms with Crippen LogP contribution in [0.25, 0.3) is 22.4 Å². The van der Waals surface area contributed by atoms with Gasteiger partial charge in [-0.05, 0) is 30.5 Å². The number of halogens is 1. The molecule has 1 fully saturated rings. The molecule has 4 aromatic rings. The van der Waals surface area contributed by atoms with Gasteiger partial charge in [-0.25, -0.2) is 18.4 Å². The molecule has 0 amide bonds. The Hall–Kier alpha value is -3.27. The molecule has 156 valence electrons. The van der Waals surface area contributed by atoms with E-state index in [1.807, 2.05) is 24.4 Å². The molecule has 0 aromatic carbocycles. The Labute approximate surface area is 172 Å². The van der Waals surface area contributed by atoms with Crippen molar-refractivity contribution in [3.63, 3.8) is 0 Å². The minimum atomic E-state index is -0.306. The maximum absolute atomic E-state index is 12.6. The average Bonchev–Trinajstić information content (AvgIpc) is 3.36. The zero-order valence-corrected chi connectivity index (χ0v) is 16.7. The van der Waals surface area contributed by atoms with Crippen molar-refractivity contribution in [1.29, 1.82) is 0 Å². The summed E-state index contributed by atoms with van der Waals surface area (Å²) in [6, 6.07) is 5.98. The summed E-state index contributed by atoms with van der Waals surface area (Å²) in [6.07, 6.45) is 6.29. The van der Waals surface area contributed by atoms with Crippen molar-refractivity contribution in [2.45, 2.75) is 19.4 Å². The fourth-order valence-corrected chi connectivity index (χ4v) is 4.21. The quantitative estimate of drug-likeness (QED) is 0.520. The number of aromatic nitrogens is 6. The number of likely N-dealkylation sites (tertiary alicyclic amines) is 1. The van der Waals surface area contributed by atoms with E-state index in [4.69, 9.17) is 5.73 Å². The SMILES string of the molecule is C[C@@H]1CN(CCF)CC[C@@H]1Nc1nc(N)c2c(-c3ccc4nccn4n3)ccn2n1. The van der Waals surface area contributed by atoms with E-state index in [-0.39, 0.29) is 12.7 Å². The number of nitrogens with one attached hydrogen (secondary N) is 1. The van der Waals surface area contributed by atoms with E-state index in [1.165, 1.54) is 0 Å². The maximum Gasteiger partial charge on any atom is 0.243 e. The number of nitrogen functional groups attached to an aromatic ring is 1. The molecular weight excluding hydrogens is 385 g/mol. The van der Waals surface area contributed by atoms with Crippen molar-refractivity contribution in [3.05, 3.63) is 36.8 Å². The van der Waals surface area contributed by atoms with Crippen molar-refractivity contribution >= 4 is 22.9 Å². The number of alkyl halides is 1. The first-order valence-electron chi connectivity index (χ1n) is 10.1. The summed E-state index contributed by atoms with van der Waals surface area (Å²) in [7, 11) is 0. The second-order valence-corrected chi connectivity index (χ2v) is 7.80. The van der Waals surface area contributed by atoms with Crippen molar-refractivity contribution in [3.8, 4) is 11.3 Å². The van der Waals surface area contributed by atoms with Gasteiger partial charge in [-0.3, -0.25) is 0 Å². The first kappa shape index (κ1) is 18.7. The lowest BCUT2D eigenvalue weighted by molar-refractivity contribution is 0.161. The minimum absolute atomic E-state index is 0.220. The summed E-state index contributed by atoms with van der Waals surface area (Å²) < 4.78 is 16.1. The molecule has 0 aliphatic carbocycles. The van der Waals surface area contributed by atoms with Crippen LogP contribution in [-0.4, -0.2) is 66.4 Å². The predicted molar refractivity (Wildman–Crippen MR) is 113 cm³/mol. The highest BCUT2D eigenvalue weighted by Gasteiger charge is 2.26. The Balaban J connectivity index is 1.41. The lowest BCUT2D eigenvalue weighted by Gasteiger charge is -2.36. The number of nitrogens with zero attached hydrogens (tertiary/aromatic N) is 7. The molecule has 1 aliphatic rings. The van der Waals surface area contributed by atoms with Gasteiger partial charge in [0.25, 0.3) is 0 Å². The number of piperidine rings is 1. The molecule has 0 saturated carbocycles. The molecule has 0 bridgehead atoms. The standard InChI is InChI=1S/C20H24FN9/c1-13-12-28(10-6-21)8-5-15(13)24-20-25-19(22)18-14(4-9-30(18)27-20)16-2-3-17-23-7-11-29(17)26-16/h2-4,7,9,11,13,15H,5-6,8,10,12H2,1H3,(H3,22,24,25,27)/t13-,15+/m1/s1. The summed E-state index contributed by atoms with van der Waals surface area (Å²) in [5.41, 5.74) is 9.46. The van der Waals surface area contributed by atoms with Gasteiger partial charge in [-0.15, -0.1) is 5.10 Å². The first-order valence-corrected chi connectivity index (χ1v) is 10.1. The van der Waals surface area contributed by atoms with Crippen LogP contribution in [0.1, 0.15) is 13.3 Å². The number of hydrogen-bond donors (Lipinski definition) is 2. The molecule has 0 unspecified atom stereocenters. The van der Waals surface area contributed by atoms with Crippen molar-refractivity contribution < 1.29 is 4.39 Å². The van der Waals surface area contributed by atoms with Gasteiger partial charge in [0.05, 0.1) is 5.69 Å². The number of fused-ring (bicyclic) bond motifs is 2. The van der Waals surface area contributed by atoms with Crippen LogP contribution in [0.15, 0.2) is 36.8 Å². The zero-order valence-electron chi connectivity index (χ0n) is 16.7. The molecule has 5 rings (SSSR count). The number of imidazole rings is 1. The Bertz CT molecular complexity index is 1180. The minimum Gasteiger partial charge on any atom is -0.382 e. The van der Waals surface area contributed by atoms with Crippen LogP contribution in [0.3, 0.4) is 0 Å². The van der Waals surface area contributed by atoms with Crippen LogP contribution >= 0.6 is 0 Å². The third-order valence-electron chi connectivity index (χ3n) is 5.77. The smallest absolute Gasteiger partial charge is 0.243 e. The molecule has 4 aromatic heterocycles. The lowest BCUT2D eigenvalue weighted by atomic mass is 9.94. The van der Waals surface area contributed by atoms with Gasteiger partial charge in [0.2, 0.25) is 5.95 Å². The normalized spacial score (nSPS) is 20.2. The van der Waals surface area contributed by atoms with Gasteiger partial charge < -0.3 is 16.0 Å².